The molecule has 0 spiro atoms. The Bertz CT molecular complexity index is 673. The van der Waals surface area contributed by atoms with Crippen LogP contribution in [0.15, 0.2) is 30.6 Å². The highest BCUT2D eigenvalue weighted by atomic mass is 15.4. The zero-order chi connectivity index (χ0) is 11.0. The van der Waals surface area contributed by atoms with Crippen molar-refractivity contribution in [2.24, 2.45) is 0 Å². The van der Waals surface area contributed by atoms with Gasteiger partial charge >= 0.3 is 0 Å². The maximum Gasteiger partial charge on any atom is 0.172 e. The van der Waals surface area contributed by atoms with Crippen molar-refractivity contribution < 1.29 is 0 Å². The average molecular weight is 210 g/mol. The molecule has 3 rings (SSSR count). The van der Waals surface area contributed by atoms with Crippen LogP contribution in [0.2, 0.25) is 0 Å². The topological polar surface area (TPSA) is 83.2 Å². The third-order valence-electron chi connectivity index (χ3n) is 2.26. The first-order valence-electron chi connectivity index (χ1n) is 4.64. The number of nitrogens with zero attached hydrogens (tertiary/aromatic N) is 5. The second kappa shape index (κ2) is 3.17. The molecule has 0 aromatic carbocycles. The number of nitrogens with one attached hydrogen (secondary N) is 1. The number of hydrogen-bond acceptors (Lipinski definition) is 4. The first-order valence-corrected chi connectivity index (χ1v) is 4.64. The van der Waals surface area contributed by atoms with E-state index in [4.69, 9.17) is 5.26 Å². The lowest BCUT2D eigenvalue weighted by Crippen LogP contribution is -1.98. The van der Waals surface area contributed by atoms with Gasteiger partial charge < -0.3 is 0 Å². The Labute approximate surface area is 90.2 Å². The number of rotatable bonds is 1. The lowest BCUT2D eigenvalue weighted by atomic mass is 10.3. The summed E-state index contributed by atoms with van der Waals surface area (Å²) in [6, 6.07) is 7.41. The fraction of sp³-hybridized carbons (Fsp3) is 0. The molecule has 0 amide bonds. The second-order valence-corrected chi connectivity index (χ2v) is 3.19. The lowest BCUT2D eigenvalue weighted by molar-refractivity contribution is 0.845. The predicted molar refractivity (Wildman–Crippen MR) is 55.7 cm³/mol. The van der Waals surface area contributed by atoms with E-state index in [0.29, 0.717) is 17.2 Å². The van der Waals surface area contributed by atoms with Crippen molar-refractivity contribution in [1.29, 1.82) is 5.26 Å². The van der Waals surface area contributed by atoms with Crippen LogP contribution < -0.4 is 0 Å². The molecular weight excluding hydrogens is 204 g/mol. The predicted octanol–water partition coefficient (Wildman–Crippen LogP) is 1.02. The molecular formula is C10H6N6. The van der Waals surface area contributed by atoms with Gasteiger partial charge in [-0.3, -0.25) is 5.10 Å². The Morgan fingerprint density at radius 3 is 3.00 bits per heavy atom. The molecule has 76 valence electrons. The molecule has 0 aliphatic carbocycles. The largest absolute Gasteiger partial charge is 0.261 e. The van der Waals surface area contributed by atoms with Gasteiger partial charge in [0, 0.05) is 12.3 Å². The van der Waals surface area contributed by atoms with Crippen LogP contribution in [0.1, 0.15) is 5.69 Å². The number of nitriles is 1. The Morgan fingerprint density at radius 2 is 2.25 bits per heavy atom. The van der Waals surface area contributed by atoms with Crippen LogP contribution in [0.5, 0.6) is 0 Å². The van der Waals surface area contributed by atoms with Crippen LogP contribution in [0.25, 0.3) is 16.9 Å². The quantitative estimate of drug-likeness (QED) is 0.649. The van der Waals surface area contributed by atoms with Crippen molar-refractivity contribution in [2.75, 3.05) is 0 Å². The normalized spacial score (nSPS) is 10.4. The first kappa shape index (κ1) is 8.61. The van der Waals surface area contributed by atoms with Gasteiger partial charge in [-0.15, -0.1) is 0 Å². The fourth-order valence-corrected chi connectivity index (χ4v) is 1.57. The van der Waals surface area contributed by atoms with E-state index in [1.165, 1.54) is 0 Å². The zero-order valence-corrected chi connectivity index (χ0v) is 8.12. The molecule has 0 bridgehead atoms. The van der Waals surface area contributed by atoms with Crippen LogP contribution in [0, 0.1) is 11.3 Å². The third kappa shape index (κ3) is 1.09. The minimum atomic E-state index is 0.359. The van der Waals surface area contributed by atoms with Crippen molar-refractivity contribution in [1.82, 2.24) is 25.0 Å². The summed E-state index contributed by atoms with van der Waals surface area (Å²) in [4.78, 5) is 4.21. The molecule has 0 aliphatic heterocycles. The van der Waals surface area contributed by atoms with E-state index in [2.05, 4.69) is 20.3 Å². The number of fused-ring (bicyclic) bond motifs is 1. The highest BCUT2D eigenvalue weighted by Crippen LogP contribution is 2.17. The van der Waals surface area contributed by atoms with E-state index in [9.17, 15) is 0 Å². The van der Waals surface area contributed by atoms with Crippen molar-refractivity contribution in [3.63, 3.8) is 0 Å². The molecule has 3 heterocycles. The lowest BCUT2D eigenvalue weighted by Gasteiger charge is -1.96. The number of aromatic nitrogens is 5. The molecule has 3 aromatic heterocycles. The number of hydrogen-bond donors (Lipinski definition) is 1. The van der Waals surface area contributed by atoms with Crippen LogP contribution in [0.3, 0.4) is 0 Å². The Morgan fingerprint density at radius 1 is 1.31 bits per heavy atom. The SMILES string of the molecule is N#Cc1nn(-c2ccn[nH]2)c2ncccc12. The number of H-pyrrole nitrogens is 1. The van der Waals surface area contributed by atoms with Gasteiger partial charge in [-0.2, -0.15) is 20.1 Å². The van der Waals surface area contributed by atoms with Crippen molar-refractivity contribution in [3.8, 4) is 11.9 Å². The summed E-state index contributed by atoms with van der Waals surface area (Å²) in [6.45, 7) is 0. The van der Waals surface area contributed by atoms with Crippen LogP contribution >= 0.6 is 0 Å². The van der Waals surface area contributed by atoms with E-state index in [1.54, 1.807) is 29.2 Å². The fourth-order valence-electron chi connectivity index (χ4n) is 1.57. The summed E-state index contributed by atoms with van der Waals surface area (Å²) in [6.07, 6.45) is 3.29. The van der Waals surface area contributed by atoms with E-state index in [-0.39, 0.29) is 0 Å². The van der Waals surface area contributed by atoms with E-state index < -0.39 is 0 Å². The molecule has 1 N–H and O–H groups in total. The monoisotopic (exact) mass is 210 g/mol. The summed E-state index contributed by atoms with van der Waals surface area (Å²) >= 11 is 0. The van der Waals surface area contributed by atoms with Gasteiger partial charge in [-0.1, -0.05) is 0 Å². The zero-order valence-electron chi connectivity index (χ0n) is 8.12. The maximum atomic E-state index is 8.97. The van der Waals surface area contributed by atoms with Crippen molar-refractivity contribution in [2.45, 2.75) is 0 Å². The Balaban J connectivity index is 2.39. The van der Waals surface area contributed by atoms with Gasteiger partial charge in [0.15, 0.2) is 17.2 Å². The molecule has 6 heteroatoms. The maximum absolute atomic E-state index is 8.97. The highest BCUT2D eigenvalue weighted by molar-refractivity contribution is 5.81. The minimum Gasteiger partial charge on any atom is -0.261 e. The Kier molecular flexibility index (Phi) is 1.71. The number of pyridine rings is 1. The van der Waals surface area contributed by atoms with Gasteiger partial charge in [0.2, 0.25) is 0 Å². The molecule has 16 heavy (non-hydrogen) atoms. The molecule has 0 radical (unpaired) electrons. The van der Waals surface area contributed by atoms with E-state index in [1.807, 2.05) is 12.1 Å². The van der Waals surface area contributed by atoms with Crippen molar-refractivity contribution in [3.05, 3.63) is 36.3 Å². The van der Waals surface area contributed by atoms with Crippen LogP contribution in [-0.4, -0.2) is 25.0 Å². The van der Waals surface area contributed by atoms with Gasteiger partial charge in [-0.25, -0.2) is 4.98 Å². The van der Waals surface area contributed by atoms with E-state index >= 15 is 0 Å². The van der Waals surface area contributed by atoms with Crippen LogP contribution in [0.4, 0.5) is 0 Å². The molecule has 0 aliphatic rings. The van der Waals surface area contributed by atoms with Crippen molar-refractivity contribution >= 4 is 11.0 Å². The molecule has 0 fully saturated rings. The van der Waals surface area contributed by atoms with Gasteiger partial charge in [0.25, 0.3) is 0 Å². The average Bonchev–Trinajstić information content (AvgIpc) is 2.95. The third-order valence-corrected chi connectivity index (χ3v) is 2.26. The minimum absolute atomic E-state index is 0.359. The molecule has 0 saturated heterocycles. The molecule has 0 atom stereocenters. The van der Waals surface area contributed by atoms with Gasteiger partial charge in [0.1, 0.15) is 6.07 Å². The van der Waals surface area contributed by atoms with E-state index in [0.717, 1.165) is 5.39 Å². The smallest absolute Gasteiger partial charge is 0.172 e. The standard InChI is InChI=1S/C10H6N6/c11-6-8-7-2-1-4-12-10(7)16(15-8)9-3-5-13-14-9/h1-5H,(H,13,14). The molecule has 0 unspecified atom stereocenters. The summed E-state index contributed by atoms with van der Waals surface area (Å²) in [5, 5.41) is 20.5. The molecule has 0 saturated carbocycles. The second-order valence-electron chi connectivity index (χ2n) is 3.19. The summed E-state index contributed by atoms with van der Waals surface area (Å²) < 4.78 is 1.57. The van der Waals surface area contributed by atoms with Gasteiger partial charge in [-0.05, 0) is 12.1 Å². The molecule has 6 nitrogen and oxygen atoms in total. The molecule has 3 aromatic rings. The highest BCUT2D eigenvalue weighted by Gasteiger charge is 2.12. The summed E-state index contributed by atoms with van der Waals surface area (Å²) in [5.74, 6) is 0.685. The summed E-state index contributed by atoms with van der Waals surface area (Å²) in [5.41, 5.74) is 1.00. The van der Waals surface area contributed by atoms with Crippen LogP contribution in [-0.2, 0) is 0 Å². The Hall–Kier alpha value is -2.68. The first-order chi connectivity index (χ1) is 7.90. The number of aromatic amines is 1. The summed E-state index contributed by atoms with van der Waals surface area (Å²) in [7, 11) is 0. The van der Waals surface area contributed by atoms with Gasteiger partial charge in [0.05, 0.1) is 11.6 Å².